The first-order valence-corrected chi connectivity index (χ1v) is 12.5. The van der Waals surface area contributed by atoms with Gasteiger partial charge in [-0.15, -0.1) is 0 Å². The number of carboxylic acids is 1. The van der Waals surface area contributed by atoms with Crippen molar-refractivity contribution >= 4 is 40.6 Å². The van der Waals surface area contributed by atoms with E-state index in [2.05, 4.69) is 35.9 Å². The predicted octanol–water partition coefficient (Wildman–Crippen LogP) is 0.504. The second-order valence-corrected chi connectivity index (χ2v) is 9.07. The van der Waals surface area contributed by atoms with Gasteiger partial charge in [0.2, 0.25) is 11.9 Å². The third kappa shape index (κ3) is 8.74. The van der Waals surface area contributed by atoms with Crippen LogP contribution in [-0.4, -0.2) is 61.5 Å². The van der Waals surface area contributed by atoms with Crippen molar-refractivity contribution in [2.45, 2.75) is 57.7 Å². The topological polar surface area (TPSA) is 231 Å². The van der Waals surface area contributed by atoms with Gasteiger partial charge in [0.05, 0.1) is 18.4 Å². The van der Waals surface area contributed by atoms with E-state index in [1.807, 2.05) is 0 Å². The highest BCUT2D eigenvalue weighted by Crippen LogP contribution is 2.12. The minimum atomic E-state index is -1.08. The number of unbranched alkanes of at least 4 members (excludes halogenated alkanes) is 1. The molecule has 2 atom stereocenters. The molecule has 2 unspecified atom stereocenters. The number of carboxylic acid groups (broad SMARTS) is 1. The number of hydrogen-bond acceptors (Lipinski definition) is 10. The van der Waals surface area contributed by atoms with Crippen molar-refractivity contribution in [2.24, 2.45) is 5.73 Å². The number of benzene rings is 1. The number of nitrogens with two attached hydrogens (primary N) is 2. The van der Waals surface area contributed by atoms with Gasteiger partial charge in [0.25, 0.3) is 11.5 Å². The summed E-state index contributed by atoms with van der Waals surface area (Å²) in [6, 6.07) is 5.51. The fraction of sp³-hybridized carbons (Fsp3) is 0.400. The Bertz CT molecular complexity index is 1360. The maximum atomic E-state index is 12.6. The zero-order valence-corrected chi connectivity index (χ0v) is 21.6. The molecule has 208 valence electrons. The van der Waals surface area contributed by atoms with Crippen LogP contribution in [0.1, 0.15) is 55.1 Å². The molecule has 0 spiro atoms. The molecule has 39 heavy (non-hydrogen) atoms. The first-order valence-electron chi connectivity index (χ1n) is 12.5. The second kappa shape index (κ2) is 13.8. The summed E-state index contributed by atoms with van der Waals surface area (Å²) in [6.07, 6.45) is 3.55. The number of fused-ring (bicyclic) bond motifs is 1. The number of aromatic amines is 1. The van der Waals surface area contributed by atoms with Gasteiger partial charge >= 0.3 is 5.97 Å². The number of aliphatic carboxylic acids is 1. The van der Waals surface area contributed by atoms with Crippen LogP contribution in [0.2, 0.25) is 0 Å². The molecule has 1 aromatic carbocycles. The van der Waals surface area contributed by atoms with E-state index in [4.69, 9.17) is 11.5 Å². The summed E-state index contributed by atoms with van der Waals surface area (Å²) in [6.45, 7) is 2.53. The lowest BCUT2D eigenvalue weighted by Crippen LogP contribution is -2.41. The fourth-order valence-corrected chi connectivity index (χ4v) is 3.73. The smallest absolute Gasteiger partial charge is 0.326 e. The number of amides is 2. The summed E-state index contributed by atoms with van der Waals surface area (Å²) in [5.41, 5.74) is 12.4. The van der Waals surface area contributed by atoms with E-state index in [0.717, 1.165) is 5.69 Å². The molecule has 0 aliphatic heterocycles. The highest BCUT2D eigenvalue weighted by molar-refractivity contribution is 5.94. The van der Waals surface area contributed by atoms with Crippen molar-refractivity contribution in [1.29, 1.82) is 0 Å². The van der Waals surface area contributed by atoms with Crippen molar-refractivity contribution in [3.05, 3.63) is 52.1 Å². The minimum absolute atomic E-state index is 0.0321. The molecule has 3 aromatic rings. The molecule has 0 bridgehead atoms. The van der Waals surface area contributed by atoms with Crippen LogP contribution >= 0.6 is 0 Å². The van der Waals surface area contributed by atoms with Crippen LogP contribution in [0, 0.1) is 0 Å². The third-order valence-electron chi connectivity index (χ3n) is 5.87. The van der Waals surface area contributed by atoms with Gasteiger partial charge in [-0.2, -0.15) is 4.98 Å². The summed E-state index contributed by atoms with van der Waals surface area (Å²) >= 11 is 0. The van der Waals surface area contributed by atoms with Crippen LogP contribution in [-0.2, 0) is 16.1 Å². The Kier molecular flexibility index (Phi) is 10.3. The normalized spacial score (nSPS) is 12.5. The van der Waals surface area contributed by atoms with Crippen LogP contribution in [0.4, 0.5) is 11.6 Å². The Labute approximate surface area is 224 Å². The Hall–Kier alpha value is -4.59. The van der Waals surface area contributed by atoms with Crippen molar-refractivity contribution in [3.8, 4) is 0 Å². The van der Waals surface area contributed by atoms with E-state index in [0.29, 0.717) is 43.5 Å². The van der Waals surface area contributed by atoms with Crippen molar-refractivity contribution in [3.63, 3.8) is 0 Å². The highest BCUT2D eigenvalue weighted by Gasteiger charge is 2.20. The largest absolute Gasteiger partial charge is 0.480 e. The molecule has 9 N–H and O–H groups in total. The summed E-state index contributed by atoms with van der Waals surface area (Å²) in [4.78, 5) is 62.9. The van der Waals surface area contributed by atoms with Gasteiger partial charge in [-0.05, 0) is 63.4 Å². The number of carbonyl (C=O) groups is 3. The molecule has 14 nitrogen and oxygen atoms in total. The summed E-state index contributed by atoms with van der Waals surface area (Å²) in [5, 5.41) is 17.8. The lowest BCUT2D eigenvalue weighted by Gasteiger charge is -2.17. The van der Waals surface area contributed by atoms with E-state index in [9.17, 15) is 24.3 Å². The highest BCUT2D eigenvalue weighted by atomic mass is 16.4. The van der Waals surface area contributed by atoms with Crippen LogP contribution in [0.5, 0.6) is 0 Å². The van der Waals surface area contributed by atoms with Gasteiger partial charge in [0.1, 0.15) is 6.04 Å². The van der Waals surface area contributed by atoms with Crippen LogP contribution < -0.4 is 33.0 Å². The average Bonchev–Trinajstić information content (AvgIpc) is 2.90. The number of aromatic nitrogens is 4. The van der Waals surface area contributed by atoms with Crippen molar-refractivity contribution < 1.29 is 19.5 Å². The van der Waals surface area contributed by atoms with Gasteiger partial charge in [0.15, 0.2) is 11.2 Å². The monoisotopic (exact) mass is 539 g/mol. The standard InChI is InChI=1S/C25H33N9O5/c1-14(5-10-19(35)32-18(24(38)39)4-2-3-11-26)30-22(36)15-6-8-16(9-7-15)28-12-17-13-29-21-20(31-17)23(37)34-25(27)33-21/h6-9,13-14,18,28H,2-5,10-12,26H2,1H3,(H,30,36)(H,32,35)(H,38,39)(H3,27,29,33,34,37). The van der Waals surface area contributed by atoms with Crippen LogP contribution in [0.25, 0.3) is 11.2 Å². The fourth-order valence-electron chi connectivity index (χ4n) is 3.73. The molecule has 2 aromatic heterocycles. The van der Waals surface area contributed by atoms with Gasteiger partial charge in [-0.3, -0.25) is 19.4 Å². The Balaban J connectivity index is 1.45. The number of rotatable bonds is 14. The number of anilines is 2. The zero-order valence-electron chi connectivity index (χ0n) is 21.6. The van der Waals surface area contributed by atoms with Gasteiger partial charge < -0.3 is 32.5 Å². The maximum Gasteiger partial charge on any atom is 0.326 e. The lowest BCUT2D eigenvalue weighted by molar-refractivity contribution is -0.142. The Morgan fingerprint density at radius 1 is 1.08 bits per heavy atom. The summed E-state index contributed by atoms with van der Waals surface area (Å²) in [5.74, 6) is -1.79. The molecule has 0 aliphatic carbocycles. The molecule has 0 aliphatic rings. The van der Waals surface area contributed by atoms with E-state index >= 15 is 0 Å². The summed E-state index contributed by atoms with van der Waals surface area (Å²) < 4.78 is 0. The molecule has 0 radical (unpaired) electrons. The number of nitrogens with one attached hydrogen (secondary N) is 4. The predicted molar refractivity (Wildman–Crippen MR) is 145 cm³/mol. The number of nitrogens with zero attached hydrogens (tertiary/aromatic N) is 3. The molecule has 2 amide bonds. The third-order valence-corrected chi connectivity index (χ3v) is 5.87. The zero-order chi connectivity index (χ0) is 28.4. The SMILES string of the molecule is CC(CCC(=O)NC(CCCCN)C(=O)O)NC(=O)c1ccc(NCc2cnc3nc(N)[nH]c(=O)c3n2)cc1. The molecule has 0 fully saturated rings. The number of hydrogen-bond donors (Lipinski definition) is 7. The van der Waals surface area contributed by atoms with E-state index in [1.54, 1.807) is 31.2 Å². The molecular weight excluding hydrogens is 506 g/mol. The first-order chi connectivity index (χ1) is 18.7. The van der Waals surface area contributed by atoms with Gasteiger partial charge in [-0.25, -0.2) is 14.8 Å². The molecule has 0 saturated heterocycles. The minimum Gasteiger partial charge on any atom is -0.480 e. The van der Waals surface area contributed by atoms with Crippen LogP contribution in [0.3, 0.4) is 0 Å². The number of nitrogen functional groups attached to an aromatic ring is 1. The van der Waals surface area contributed by atoms with E-state index in [1.165, 1.54) is 6.20 Å². The quantitative estimate of drug-likeness (QED) is 0.139. The maximum absolute atomic E-state index is 12.6. The average molecular weight is 540 g/mol. The Morgan fingerprint density at radius 2 is 1.82 bits per heavy atom. The summed E-state index contributed by atoms with van der Waals surface area (Å²) in [7, 11) is 0. The van der Waals surface area contributed by atoms with E-state index in [-0.39, 0.29) is 47.9 Å². The molecule has 3 rings (SSSR count). The van der Waals surface area contributed by atoms with Crippen molar-refractivity contribution in [1.82, 2.24) is 30.6 Å². The Morgan fingerprint density at radius 3 is 2.51 bits per heavy atom. The van der Waals surface area contributed by atoms with Gasteiger partial charge in [0, 0.05) is 23.7 Å². The number of carbonyl (C=O) groups excluding carboxylic acids is 2. The van der Waals surface area contributed by atoms with E-state index < -0.39 is 17.6 Å². The molecule has 0 saturated carbocycles. The van der Waals surface area contributed by atoms with Crippen molar-refractivity contribution in [2.75, 3.05) is 17.6 Å². The second-order valence-electron chi connectivity index (χ2n) is 9.07. The molecule has 14 heteroatoms. The molecular formula is C25H33N9O5. The number of H-pyrrole nitrogens is 1. The van der Waals surface area contributed by atoms with Gasteiger partial charge in [-0.1, -0.05) is 0 Å². The van der Waals surface area contributed by atoms with Crippen LogP contribution in [0.15, 0.2) is 35.3 Å². The molecule has 2 heterocycles. The lowest BCUT2D eigenvalue weighted by atomic mass is 10.1. The first kappa shape index (κ1) is 29.0.